The van der Waals surface area contributed by atoms with Gasteiger partial charge < -0.3 is 0 Å². The summed E-state index contributed by atoms with van der Waals surface area (Å²) < 4.78 is 39.3. The third-order valence-corrected chi connectivity index (χ3v) is 4.53. The molecule has 0 aliphatic carbocycles. The number of benzene rings is 3. The van der Waals surface area contributed by atoms with Gasteiger partial charge in [-0.3, -0.25) is 14.4 Å². The van der Waals surface area contributed by atoms with Gasteiger partial charge in [-0.1, -0.05) is 91.0 Å². The van der Waals surface area contributed by atoms with Gasteiger partial charge in [0.1, 0.15) is 10.7 Å². The molecule has 33 heavy (non-hydrogen) atoms. The summed E-state index contributed by atoms with van der Waals surface area (Å²) in [5.41, 5.74) is 1.85. The van der Waals surface area contributed by atoms with Crippen LogP contribution in [-0.4, -0.2) is 44.9 Å². The summed E-state index contributed by atoms with van der Waals surface area (Å²) >= 11 is 0. The molecule has 3 rings (SSSR count). The van der Waals surface area contributed by atoms with Crippen LogP contribution in [0.25, 0.3) is 0 Å². The first-order chi connectivity index (χ1) is 15.7. The van der Waals surface area contributed by atoms with E-state index >= 15 is 0 Å². The minimum atomic E-state index is -2.42. The van der Waals surface area contributed by atoms with Crippen LogP contribution in [0.3, 0.4) is 0 Å². The van der Waals surface area contributed by atoms with E-state index in [-0.39, 0.29) is 5.78 Å². The van der Waals surface area contributed by atoms with Gasteiger partial charge in [0.2, 0.25) is 26.4 Å². The van der Waals surface area contributed by atoms with E-state index in [9.17, 15) is 31.2 Å². The van der Waals surface area contributed by atoms with Crippen LogP contribution in [0.2, 0.25) is 0 Å². The number of ketones is 3. The number of carbonyl (C=O) groups is 3. The van der Waals surface area contributed by atoms with Crippen molar-refractivity contribution in [1.29, 1.82) is 0 Å². The fourth-order valence-corrected chi connectivity index (χ4v) is 2.82. The summed E-state index contributed by atoms with van der Waals surface area (Å²) in [5.74, 6) is -0.872. The Labute approximate surface area is 194 Å². The highest BCUT2D eigenvalue weighted by Gasteiger charge is 2.06. The highest BCUT2D eigenvalue weighted by Crippen LogP contribution is 2.08. The second-order valence-electron chi connectivity index (χ2n) is 6.16. The van der Waals surface area contributed by atoms with Crippen LogP contribution in [0.5, 0.6) is 0 Å². The standard InChI is InChI=1S/C13H10O.C8H6O3S.C3H4O3S/c14-13(11-7-3-1-4-8-11)12-9-5-2-6-10-12;9-8(6-12(10)11)7-4-2-1-3-5-7;1-3(4)2-7(5)6/h1-10H;1-6H;2H,1H3. The summed E-state index contributed by atoms with van der Waals surface area (Å²) in [5, 5.41) is 1.26. The lowest BCUT2D eigenvalue weighted by atomic mass is 10.0. The first kappa shape index (κ1) is 27.1. The Morgan fingerprint density at radius 3 is 1.15 bits per heavy atom. The molecule has 0 amide bonds. The molecule has 3 aromatic carbocycles. The van der Waals surface area contributed by atoms with Crippen molar-refractivity contribution < 1.29 is 31.2 Å². The lowest BCUT2D eigenvalue weighted by Crippen LogP contribution is -1.99. The Morgan fingerprint density at radius 2 is 0.879 bits per heavy atom. The summed E-state index contributed by atoms with van der Waals surface area (Å²) in [6.07, 6.45) is 0. The lowest BCUT2D eigenvalue weighted by molar-refractivity contribution is -0.110. The van der Waals surface area contributed by atoms with Gasteiger partial charge in [0.25, 0.3) is 0 Å². The zero-order valence-corrected chi connectivity index (χ0v) is 19.1. The maximum atomic E-state index is 11.8. The van der Waals surface area contributed by atoms with Crippen LogP contribution in [-0.2, 0) is 25.4 Å². The number of rotatable bonds is 5. The molecule has 0 saturated carbocycles. The largest absolute Gasteiger partial charge is 0.294 e. The van der Waals surface area contributed by atoms with Crippen molar-refractivity contribution in [2.45, 2.75) is 6.92 Å². The second-order valence-corrected chi connectivity index (χ2v) is 7.67. The monoisotopic (exact) mass is 484 g/mol. The van der Waals surface area contributed by atoms with Crippen molar-refractivity contribution in [3.8, 4) is 0 Å². The van der Waals surface area contributed by atoms with Crippen molar-refractivity contribution in [3.05, 3.63) is 108 Å². The maximum Gasteiger partial charge on any atom is 0.218 e. The molecule has 0 heterocycles. The predicted molar refractivity (Wildman–Crippen MR) is 128 cm³/mol. The molecule has 0 aliphatic rings. The average Bonchev–Trinajstić information content (AvgIpc) is 2.80. The van der Waals surface area contributed by atoms with Gasteiger partial charge in [-0.2, -0.15) is 16.8 Å². The average molecular weight is 485 g/mol. The molecule has 7 nitrogen and oxygen atoms in total. The molecule has 3 aromatic rings. The number of carbonyl (C=O) groups excluding carboxylic acids is 3. The zero-order chi connectivity index (χ0) is 24.6. The summed E-state index contributed by atoms with van der Waals surface area (Å²) in [4.78, 5) is 32.7. The van der Waals surface area contributed by atoms with Gasteiger partial charge in [0, 0.05) is 16.7 Å². The maximum absolute atomic E-state index is 11.8. The minimum absolute atomic E-state index is 0.0752. The number of hydrogen-bond acceptors (Lipinski definition) is 7. The van der Waals surface area contributed by atoms with Crippen molar-refractivity contribution >= 4 is 48.7 Å². The van der Waals surface area contributed by atoms with Crippen molar-refractivity contribution in [2.24, 2.45) is 0 Å². The first-order valence-electron chi connectivity index (χ1n) is 9.31. The van der Waals surface area contributed by atoms with Gasteiger partial charge in [-0.25, -0.2) is 0 Å². The smallest absolute Gasteiger partial charge is 0.218 e. The highest BCUT2D eigenvalue weighted by molar-refractivity contribution is 7.73. The molecule has 0 N–H and O–H groups in total. The Morgan fingerprint density at radius 1 is 0.545 bits per heavy atom. The third kappa shape index (κ3) is 11.9. The van der Waals surface area contributed by atoms with Crippen LogP contribution < -0.4 is 0 Å². The van der Waals surface area contributed by atoms with Crippen LogP contribution in [0.1, 0.15) is 33.2 Å². The van der Waals surface area contributed by atoms with E-state index in [0.717, 1.165) is 11.1 Å². The Balaban J connectivity index is 0.000000263. The summed E-state index contributed by atoms with van der Waals surface area (Å²) in [6.45, 7) is 1.18. The summed E-state index contributed by atoms with van der Waals surface area (Å²) in [6, 6.07) is 26.8. The van der Waals surface area contributed by atoms with E-state index in [2.05, 4.69) is 0 Å². The van der Waals surface area contributed by atoms with Crippen LogP contribution in [0, 0.1) is 0 Å². The van der Waals surface area contributed by atoms with E-state index < -0.39 is 32.2 Å². The van der Waals surface area contributed by atoms with Gasteiger partial charge in [0.05, 0.1) is 0 Å². The van der Waals surface area contributed by atoms with Gasteiger partial charge >= 0.3 is 0 Å². The van der Waals surface area contributed by atoms with Crippen LogP contribution >= 0.6 is 0 Å². The van der Waals surface area contributed by atoms with E-state index in [4.69, 9.17) is 0 Å². The topological polar surface area (TPSA) is 119 Å². The van der Waals surface area contributed by atoms with Crippen molar-refractivity contribution in [1.82, 2.24) is 0 Å². The minimum Gasteiger partial charge on any atom is -0.294 e. The lowest BCUT2D eigenvalue weighted by Gasteiger charge is -1.99. The van der Waals surface area contributed by atoms with Crippen molar-refractivity contribution in [2.75, 3.05) is 0 Å². The summed E-state index contributed by atoms with van der Waals surface area (Å²) in [7, 11) is -4.74. The molecular formula is C24H20O7S2. The fourth-order valence-electron chi connectivity index (χ4n) is 2.24. The molecule has 0 fully saturated rings. The first-order valence-corrected chi connectivity index (χ1v) is 11.6. The predicted octanol–water partition coefficient (Wildman–Crippen LogP) is 2.72. The molecule has 170 valence electrons. The Bertz CT molecular complexity index is 1290. The van der Waals surface area contributed by atoms with Crippen molar-refractivity contribution in [3.63, 3.8) is 0 Å². The van der Waals surface area contributed by atoms with Crippen LogP contribution in [0.4, 0.5) is 0 Å². The molecule has 0 spiro atoms. The van der Waals surface area contributed by atoms with Crippen LogP contribution in [0.15, 0.2) is 91.0 Å². The number of Topliss-reactive ketones (excluding diaryl/α,β-unsaturated/α-hetero) is 2. The molecular weight excluding hydrogens is 464 g/mol. The van der Waals surface area contributed by atoms with Gasteiger partial charge in [0.15, 0.2) is 11.6 Å². The van der Waals surface area contributed by atoms with E-state index in [0.29, 0.717) is 16.3 Å². The molecule has 0 unspecified atom stereocenters. The van der Waals surface area contributed by atoms with E-state index in [1.165, 1.54) is 6.92 Å². The fraction of sp³-hybridized carbons (Fsp3) is 0.0417. The Hall–Kier alpha value is -3.95. The molecule has 0 aliphatic heterocycles. The molecule has 9 heteroatoms. The molecule has 0 bridgehead atoms. The normalized spacial score (nSPS) is 9.00. The zero-order valence-electron chi connectivity index (χ0n) is 17.5. The SMILES string of the molecule is CC(=O)C=S(=O)=O.O=C(C=S(=O)=O)c1ccccc1.O=C(c1ccccc1)c1ccccc1. The Kier molecular flexibility index (Phi) is 12.3. The highest BCUT2D eigenvalue weighted by atomic mass is 32.2. The quantitative estimate of drug-likeness (QED) is 0.403. The molecule has 0 saturated heterocycles. The third-order valence-electron chi connectivity index (χ3n) is 3.60. The number of hydrogen-bond donors (Lipinski definition) is 0. The molecule has 0 aromatic heterocycles. The second kappa shape index (κ2) is 15.0. The van der Waals surface area contributed by atoms with E-state index in [1.54, 1.807) is 30.3 Å². The van der Waals surface area contributed by atoms with Gasteiger partial charge in [-0.05, 0) is 6.92 Å². The van der Waals surface area contributed by atoms with E-state index in [1.807, 2.05) is 60.7 Å². The van der Waals surface area contributed by atoms with Gasteiger partial charge in [-0.15, -0.1) is 0 Å². The molecule has 0 atom stereocenters. The molecule has 0 radical (unpaired) electrons.